The van der Waals surface area contributed by atoms with E-state index in [1.54, 1.807) is 6.07 Å². The maximum Gasteiger partial charge on any atom is 0.387 e. The van der Waals surface area contributed by atoms with E-state index in [2.05, 4.69) is 4.74 Å². The highest BCUT2D eigenvalue weighted by molar-refractivity contribution is 6.30. The minimum absolute atomic E-state index is 0.183. The molecular weight excluding hydrogens is 236 g/mol. The first kappa shape index (κ1) is 11.6. The summed E-state index contributed by atoms with van der Waals surface area (Å²) in [5, 5.41) is 0.511. The largest absolute Gasteiger partial charge is 0.435 e. The predicted molar refractivity (Wildman–Crippen MR) is 58.1 cm³/mol. The molecule has 1 aromatic carbocycles. The van der Waals surface area contributed by atoms with E-state index in [0.717, 1.165) is 12.8 Å². The quantitative estimate of drug-likeness (QED) is 0.888. The number of ether oxygens (including phenoxy) is 1. The summed E-state index contributed by atoms with van der Waals surface area (Å²) in [5.41, 5.74) is 6.15. The fraction of sp³-hybridized carbons (Fsp3) is 0.455. The van der Waals surface area contributed by atoms with Crippen molar-refractivity contribution in [1.82, 2.24) is 0 Å². The highest BCUT2D eigenvalue weighted by Gasteiger charge is 2.45. The average molecular weight is 248 g/mol. The second-order valence-electron chi connectivity index (χ2n) is 4.00. The summed E-state index contributed by atoms with van der Waals surface area (Å²) in [4.78, 5) is 0. The summed E-state index contributed by atoms with van der Waals surface area (Å²) in [6.07, 6.45) is 1.78. The highest BCUT2D eigenvalue weighted by atomic mass is 35.5. The zero-order valence-corrected chi connectivity index (χ0v) is 9.31. The topological polar surface area (TPSA) is 35.2 Å². The van der Waals surface area contributed by atoms with E-state index in [4.69, 9.17) is 17.3 Å². The third-order valence-corrected chi connectivity index (χ3v) is 3.21. The molecule has 0 unspecified atom stereocenters. The van der Waals surface area contributed by atoms with E-state index in [0.29, 0.717) is 17.1 Å². The Morgan fingerprint density at radius 2 is 2.12 bits per heavy atom. The van der Waals surface area contributed by atoms with Gasteiger partial charge in [0, 0.05) is 22.5 Å². The van der Waals surface area contributed by atoms with Gasteiger partial charge in [-0.3, -0.25) is 0 Å². The normalized spacial score (nSPS) is 17.6. The van der Waals surface area contributed by atoms with Crippen LogP contribution in [0.5, 0.6) is 5.75 Å². The van der Waals surface area contributed by atoms with Gasteiger partial charge in [-0.1, -0.05) is 11.6 Å². The molecule has 0 radical (unpaired) electrons. The first-order valence-electron chi connectivity index (χ1n) is 5.02. The SMILES string of the molecule is NCC1(c2cc(Cl)ccc2OC(F)F)CC1. The summed E-state index contributed by atoms with van der Waals surface area (Å²) in [6.45, 7) is -2.40. The first-order chi connectivity index (χ1) is 7.57. The van der Waals surface area contributed by atoms with Crippen molar-refractivity contribution in [2.24, 2.45) is 5.73 Å². The highest BCUT2D eigenvalue weighted by Crippen LogP contribution is 2.51. The number of rotatable bonds is 4. The van der Waals surface area contributed by atoms with Crippen LogP contribution in [0.4, 0.5) is 8.78 Å². The van der Waals surface area contributed by atoms with Gasteiger partial charge >= 0.3 is 6.61 Å². The smallest absolute Gasteiger partial charge is 0.387 e. The zero-order chi connectivity index (χ0) is 11.8. The van der Waals surface area contributed by atoms with E-state index in [-0.39, 0.29) is 11.2 Å². The van der Waals surface area contributed by atoms with Crippen LogP contribution < -0.4 is 10.5 Å². The Kier molecular flexibility index (Phi) is 3.04. The second-order valence-corrected chi connectivity index (χ2v) is 4.44. The molecule has 1 fully saturated rings. The Morgan fingerprint density at radius 3 is 2.62 bits per heavy atom. The molecule has 0 aliphatic heterocycles. The van der Waals surface area contributed by atoms with Crippen LogP contribution in [-0.4, -0.2) is 13.2 Å². The lowest BCUT2D eigenvalue weighted by Gasteiger charge is -2.18. The van der Waals surface area contributed by atoms with Gasteiger partial charge in [0.1, 0.15) is 5.75 Å². The van der Waals surface area contributed by atoms with Crippen LogP contribution in [0.15, 0.2) is 18.2 Å². The zero-order valence-electron chi connectivity index (χ0n) is 8.55. The number of hydrogen-bond donors (Lipinski definition) is 1. The summed E-state index contributed by atoms with van der Waals surface area (Å²) in [7, 11) is 0. The molecule has 2 nitrogen and oxygen atoms in total. The van der Waals surface area contributed by atoms with Crippen LogP contribution >= 0.6 is 11.6 Å². The number of nitrogens with two attached hydrogens (primary N) is 1. The van der Waals surface area contributed by atoms with Crippen LogP contribution in [0, 0.1) is 0 Å². The molecule has 0 heterocycles. The van der Waals surface area contributed by atoms with Gasteiger partial charge in [-0.15, -0.1) is 0 Å². The van der Waals surface area contributed by atoms with E-state index in [1.165, 1.54) is 12.1 Å². The number of halogens is 3. The molecule has 16 heavy (non-hydrogen) atoms. The van der Waals surface area contributed by atoms with Gasteiger partial charge in [-0.25, -0.2) is 0 Å². The fourth-order valence-corrected chi connectivity index (χ4v) is 2.02. The van der Waals surface area contributed by atoms with Crippen molar-refractivity contribution in [3.05, 3.63) is 28.8 Å². The first-order valence-corrected chi connectivity index (χ1v) is 5.40. The number of alkyl halides is 2. The van der Waals surface area contributed by atoms with Gasteiger partial charge in [-0.2, -0.15) is 8.78 Å². The molecule has 5 heteroatoms. The molecule has 1 saturated carbocycles. The molecular formula is C11H12ClF2NO. The van der Waals surface area contributed by atoms with Crippen molar-refractivity contribution < 1.29 is 13.5 Å². The van der Waals surface area contributed by atoms with Crippen LogP contribution in [0.25, 0.3) is 0 Å². The average Bonchev–Trinajstić information content (AvgIpc) is 3.01. The molecule has 0 saturated heterocycles. The van der Waals surface area contributed by atoms with Crippen molar-refractivity contribution in [3.8, 4) is 5.75 Å². The Hall–Kier alpha value is -0.870. The maximum atomic E-state index is 12.2. The van der Waals surface area contributed by atoms with Crippen molar-refractivity contribution in [2.45, 2.75) is 24.9 Å². The maximum absolute atomic E-state index is 12.2. The van der Waals surface area contributed by atoms with Crippen LogP contribution in [0.3, 0.4) is 0 Å². The standard InChI is InChI=1S/C11H12ClF2NO/c12-7-1-2-9(16-10(13)14)8(5-7)11(6-15)3-4-11/h1-2,5,10H,3-4,6,15H2. The molecule has 0 aromatic heterocycles. The Labute approximate surface area is 97.3 Å². The van der Waals surface area contributed by atoms with Crippen molar-refractivity contribution in [3.63, 3.8) is 0 Å². The van der Waals surface area contributed by atoms with Gasteiger partial charge in [0.25, 0.3) is 0 Å². The minimum atomic E-state index is -2.83. The third kappa shape index (κ3) is 2.13. The minimum Gasteiger partial charge on any atom is -0.435 e. The van der Waals surface area contributed by atoms with Gasteiger partial charge in [0.2, 0.25) is 0 Å². The molecule has 0 spiro atoms. The van der Waals surface area contributed by atoms with Gasteiger partial charge in [0.05, 0.1) is 0 Å². The summed E-state index contributed by atoms with van der Waals surface area (Å²) >= 11 is 5.86. The molecule has 1 aliphatic carbocycles. The molecule has 2 rings (SSSR count). The summed E-state index contributed by atoms with van der Waals surface area (Å²) in [5.74, 6) is 0.183. The molecule has 1 aromatic rings. The molecule has 0 bridgehead atoms. The van der Waals surface area contributed by atoms with Crippen molar-refractivity contribution >= 4 is 11.6 Å². The van der Waals surface area contributed by atoms with E-state index in [9.17, 15) is 8.78 Å². The van der Waals surface area contributed by atoms with Gasteiger partial charge in [0.15, 0.2) is 0 Å². The molecule has 0 amide bonds. The number of hydrogen-bond acceptors (Lipinski definition) is 2. The number of benzene rings is 1. The van der Waals surface area contributed by atoms with Crippen LogP contribution in [0.2, 0.25) is 5.02 Å². The van der Waals surface area contributed by atoms with Crippen LogP contribution in [0.1, 0.15) is 18.4 Å². The Morgan fingerprint density at radius 1 is 1.44 bits per heavy atom. The van der Waals surface area contributed by atoms with E-state index in [1.807, 2.05) is 0 Å². The molecule has 88 valence electrons. The predicted octanol–water partition coefficient (Wildman–Crippen LogP) is 2.93. The monoisotopic (exact) mass is 247 g/mol. The second kappa shape index (κ2) is 4.18. The van der Waals surface area contributed by atoms with E-state index < -0.39 is 6.61 Å². The fourth-order valence-electron chi connectivity index (χ4n) is 1.85. The third-order valence-electron chi connectivity index (χ3n) is 2.97. The van der Waals surface area contributed by atoms with E-state index >= 15 is 0 Å². The van der Waals surface area contributed by atoms with Crippen molar-refractivity contribution in [1.29, 1.82) is 0 Å². The molecule has 0 atom stereocenters. The molecule has 2 N–H and O–H groups in total. The lowest BCUT2D eigenvalue weighted by Crippen LogP contribution is -2.21. The van der Waals surface area contributed by atoms with Gasteiger partial charge < -0.3 is 10.5 Å². The molecule has 1 aliphatic rings. The van der Waals surface area contributed by atoms with Crippen molar-refractivity contribution in [2.75, 3.05) is 6.54 Å². The lowest BCUT2D eigenvalue weighted by molar-refractivity contribution is -0.0507. The summed E-state index contributed by atoms with van der Waals surface area (Å²) < 4.78 is 28.9. The van der Waals surface area contributed by atoms with Crippen LogP contribution in [-0.2, 0) is 5.41 Å². The lowest BCUT2D eigenvalue weighted by atomic mass is 9.95. The Balaban J connectivity index is 2.37. The van der Waals surface area contributed by atoms with Gasteiger partial charge in [-0.05, 0) is 31.0 Å². The Bertz CT molecular complexity index is 394. The summed E-state index contributed by atoms with van der Waals surface area (Å²) in [6, 6.07) is 4.67.